The van der Waals surface area contributed by atoms with Crippen molar-refractivity contribution in [3.8, 4) is 0 Å². The van der Waals surface area contributed by atoms with Gasteiger partial charge in [-0.1, -0.05) is 12.1 Å². The molecule has 0 spiro atoms. The smallest absolute Gasteiger partial charge is 0.0844 e. The van der Waals surface area contributed by atoms with Crippen molar-refractivity contribution in [2.75, 3.05) is 18.5 Å². The average molecular weight is 404 g/mol. The maximum Gasteiger partial charge on any atom is 0.0844 e. The summed E-state index contributed by atoms with van der Waals surface area (Å²) < 4.78 is 2.20. The van der Waals surface area contributed by atoms with Crippen molar-refractivity contribution in [2.45, 2.75) is 13.0 Å². The summed E-state index contributed by atoms with van der Waals surface area (Å²) in [6.07, 6.45) is 0. The summed E-state index contributed by atoms with van der Waals surface area (Å²) >= 11 is 8.80. The molecule has 5 heteroatoms. The fraction of sp³-hybridized carbons (Fsp3) is 0.286. The largest absolute Gasteiger partial charge is 0.365 e. The normalized spacial score (nSPS) is 12.5. The molecular formula is C14H16Br2N2S. The maximum absolute atomic E-state index is 5.97. The predicted molar refractivity (Wildman–Crippen MR) is 91.1 cm³/mol. The fourth-order valence-corrected chi connectivity index (χ4v) is 4.27. The van der Waals surface area contributed by atoms with Gasteiger partial charge in [-0.05, 0) is 62.5 Å². The lowest BCUT2D eigenvalue weighted by molar-refractivity contribution is 0.692. The lowest BCUT2D eigenvalue weighted by Crippen LogP contribution is -2.29. The van der Waals surface area contributed by atoms with Crippen LogP contribution in [0.4, 0.5) is 5.69 Å². The van der Waals surface area contributed by atoms with Gasteiger partial charge in [0.1, 0.15) is 0 Å². The minimum atomic E-state index is 0.189. The lowest BCUT2D eigenvalue weighted by Gasteiger charge is -2.28. The Labute approximate surface area is 134 Å². The van der Waals surface area contributed by atoms with Crippen molar-refractivity contribution in [1.82, 2.24) is 0 Å². The van der Waals surface area contributed by atoms with Crippen LogP contribution < -0.4 is 10.6 Å². The van der Waals surface area contributed by atoms with Crippen LogP contribution in [0.15, 0.2) is 38.6 Å². The van der Waals surface area contributed by atoms with E-state index in [0.717, 1.165) is 8.26 Å². The molecule has 0 aliphatic carbocycles. The van der Waals surface area contributed by atoms with Gasteiger partial charge in [-0.3, -0.25) is 0 Å². The predicted octanol–water partition coefficient (Wildman–Crippen LogP) is 4.72. The highest BCUT2D eigenvalue weighted by Crippen LogP contribution is 2.37. The summed E-state index contributed by atoms with van der Waals surface area (Å²) in [5.74, 6) is 0. The number of aryl methyl sites for hydroxylation is 1. The molecule has 2 nitrogen and oxygen atoms in total. The van der Waals surface area contributed by atoms with Crippen LogP contribution in [-0.4, -0.2) is 13.6 Å². The minimum absolute atomic E-state index is 0.189. The van der Waals surface area contributed by atoms with Gasteiger partial charge >= 0.3 is 0 Å². The number of hydrogen-bond acceptors (Lipinski definition) is 3. The average Bonchev–Trinajstić information content (AvgIpc) is 2.70. The van der Waals surface area contributed by atoms with E-state index in [1.807, 2.05) is 0 Å². The molecule has 1 atom stereocenters. The molecule has 19 heavy (non-hydrogen) atoms. The van der Waals surface area contributed by atoms with Crippen LogP contribution in [0.5, 0.6) is 0 Å². The molecule has 0 saturated heterocycles. The highest BCUT2D eigenvalue weighted by Gasteiger charge is 2.19. The zero-order valence-electron chi connectivity index (χ0n) is 10.9. The number of nitrogens with two attached hydrogens (primary N) is 1. The number of hydrogen-bond donors (Lipinski definition) is 1. The molecule has 0 fully saturated rings. The van der Waals surface area contributed by atoms with Gasteiger partial charge in [0.05, 0.1) is 9.83 Å². The van der Waals surface area contributed by atoms with Gasteiger partial charge in [-0.2, -0.15) is 0 Å². The summed E-state index contributed by atoms with van der Waals surface area (Å²) in [5, 5.41) is 0. The van der Waals surface area contributed by atoms with E-state index in [1.165, 1.54) is 16.1 Å². The third-order valence-corrected chi connectivity index (χ3v) is 6.45. The molecule has 1 aromatic heterocycles. The van der Waals surface area contributed by atoms with Gasteiger partial charge in [-0.15, -0.1) is 11.3 Å². The Morgan fingerprint density at radius 3 is 2.58 bits per heavy atom. The number of benzene rings is 1. The number of likely N-dealkylation sites (N-methyl/N-ethyl adjacent to an activating group) is 1. The fourth-order valence-electron chi connectivity index (χ4n) is 2.02. The summed E-state index contributed by atoms with van der Waals surface area (Å²) in [6.45, 7) is 2.69. The van der Waals surface area contributed by atoms with E-state index in [2.05, 4.69) is 81.1 Å². The Kier molecular flexibility index (Phi) is 5.06. The standard InChI is InChI=1S/C14H16Br2N2S/c1-9-4-3-5-10(6-9)18(2)12(8-17)13-7-11(15)14(16)19-13/h3-7,12H,8,17H2,1-2H3. The van der Waals surface area contributed by atoms with Crippen molar-refractivity contribution in [1.29, 1.82) is 0 Å². The second-order valence-corrected chi connectivity index (χ2v) is 7.73. The maximum atomic E-state index is 5.97. The molecule has 0 aliphatic rings. The van der Waals surface area contributed by atoms with Crippen LogP contribution in [0.2, 0.25) is 0 Å². The van der Waals surface area contributed by atoms with Gasteiger partial charge in [0, 0.05) is 28.6 Å². The molecule has 0 aliphatic heterocycles. The third-order valence-electron chi connectivity index (χ3n) is 3.09. The zero-order chi connectivity index (χ0) is 14.0. The van der Waals surface area contributed by atoms with Crippen LogP contribution in [-0.2, 0) is 0 Å². The van der Waals surface area contributed by atoms with Crippen LogP contribution in [0.1, 0.15) is 16.5 Å². The number of anilines is 1. The number of halogens is 2. The first kappa shape index (κ1) is 15.0. The first-order valence-corrected chi connectivity index (χ1v) is 8.37. The summed E-state index contributed by atoms with van der Waals surface area (Å²) in [7, 11) is 2.09. The molecule has 0 saturated carbocycles. The van der Waals surface area contributed by atoms with Crippen LogP contribution in [0.3, 0.4) is 0 Å². The Balaban J connectivity index is 2.31. The number of nitrogens with zero attached hydrogens (tertiary/aromatic N) is 1. The minimum Gasteiger partial charge on any atom is -0.365 e. The van der Waals surface area contributed by atoms with E-state index < -0.39 is 0 Å². The van der Waals surface area contributed by atoms with Crippen LogP contribution in [0, 0.1) is 6.92 Å². The van der Waals surface area contributed by atoms with E-state index in [9.17, 15) is 0 Å². The van der Waals surface area contributed by atoms with E-state index in [0.29, 0.717) is 6.54 Å². The van der Waals surface area contributed by atoms with Crippen molar-refractivity contribution >= 4 is 48.9 Å². The molecule has 2 aromatic rings. The Morgan fingerprint density at radius 1 is 1.32 bits per heavy atom. The molecule has 102 valence electrons. The molecule has 1 unspecified atom stereocenters. The van der Waals surface area contributed by atoms with Crippen molar-refractivity contribution in [3.63, 3.8) is 0 Å². The third kappa shape index (κ3) is 3.40. The summed E-state index contributed by atoms with van der Waals surface area (Å²) in [4.78, 5) is 3.49. The summed E-state index contributed by atoms with van der Waals surface area (Å²) in [6, 6.07) is 10.8. The quantitative estimate of drug-likeness (QED) is 0.800. The lowest BCUT2D eigenvalue weighted by atomic mass is 10.1. The highest BCUT2D eigenvalue weighted by molar-refractivity contribution is 9.13. The molecule has 1 heterocycles. The van der Waals surface area contributed by atoms with Gasteiger partial charge in [0.25, 0.3) is 0 Å². The van der Waals surface area contributed by atoms with Crippen LogP contribution >= 0.6 is 43.2 Å². The summed E-state index contributed by atoms with van der Waals surface area (Å²) in [5.41, 5.74) is 8.42. The van der Waals surface area contributed by atoms with Gasteiger partial charge in [0.2, 0.25) is 0 Å². The Bertz CT molecular complexity index is 549. The van der Waals surface area contributed by atoms with Crippen LogP contribution in [0.25, 0.3) is 0 Å². The molecular weight excluding hydrogens is 388 g/mol. The van der Waals surface area contributed by atoms with E-state index >= 15 is 0 Å². The second kappa shape index (κ2) is 6.39. The molecule has 2 N–H and O–H groups in total. The SMILES string of the molecule is Cc1cccc(N(C)C(CN)c2cc(Br)c(Br)s2)c1. The molecule has 2 rings (SSSR count). The van der Waals surface area contributed by atoms with Gasteiger partial charge < -0.3 is 10.6 Å². The highest BCUT2D eigenvalue weighted by atomic mass is 79.9. The second-order valence-electron chi connectivity index (χ2n) is 4.47. The van der Waals surface area contributed by atoms with Gasteiger partial charge in [-0.25, -0.2) is 0 Å². The van der Waals surface area contributed by atoms with Crippen molar-refractivity contribution in [2.24, 2.45) is 5.73 Å². The molecule has 0 radical (unpaired) electrons. The topological polar surface area (TPSA) is 29.3 Å². The first-order chi connectivity index (χ1) is 9.02. The Morgan fingerprint density at radius 2 is 2.05 bits per heavy atom. The Hall–Kier alpha value is -0.360. The van der Waals surface area contributed by atoms with Crippen molar-refractivity contribution in [3.05, 3.63) is 49.0 Å². The monoisotopic (exact) mass is 402 g/mol. The molecule has 0 amide bonds. The molecule has 0 bridgehead atoms. The van der Waals surface area contributed by atoms with Crippen molar-refractivity contribution < 1.29 is 0 Å². The van der Waals surface area contributed by atoms with Gasteiger partial charge in [0.15, 0.2) is 0 Å². The van der Waals surface area contributed by atoms with E-state index in [4.69, 9.17) is 5.73 Å². The number of thiophene rings is 1. The zero-order valence-corrected chi connectivity index (χ0v) is 14.8. The number of rotatable bonds is 4. The molecule has 1 aromatic carbocycles. The van der Waals surface area contributed by atoms with E-state index in [-0.39, 0.29) is 6.04 Å². The van der Waals surface area contributed by atoms with E-state index in [1.54, 1.807) is 11.3 Å². The first-order valence-electron chi connectivity index (χ1n) is 5.97.